The van der Waals surface area contributed by atoms with Crippen molar-refractivity contribution in [3.05, 3.63) is 60.8 Å². The van der Waals surface area contributed by atoms with E-state index in [2.05, 4.69) is 69.4 Å². The standard InChI is InChI=1S/C48H82O6/c1-4-7-10-13-16-19-21-23-24-25-27-29-32-35-38-41-47(50)53-44-45(43-52-46(49)40-37-34-31-28-18-15-12-9-6-3)54-48(51)42-39-36-33-30-26-22-20-17-14-11-8-5-2/h9,12,16,18-19,21,23,28,34,37,45H,4-8,10-11,13-15,17,20,22,24-27,29-33,35-36,38-44H2,1-3H3/b12-9-,19-16-,23-21-,28-18-,37-34-. The number of carbonyl (C=O) groups excluding carboxylic acids is 3. The summed E-state index contributed by atoms with van der Waals surface area (Å²) in [4.78, 5) is 37.6. The molecule has 0 amide bonds. The maximum Gasteiger partial charge on any atom is 0.309 e. The van der Waals surface area contributed by atoms with Gasteiger partial charge in [-0.3, -0.25) is 14.4 Å². The lowest BCUT2D eigenvalue weighted by Crippen LogP contribution is -2.30. The minimum Gasteiger partial charge on any atom is -0.462 e. The van der Waals surface area contributed by atoms with Gasteiger partial charge in [0.1, 0.15) is 13.2 Å². The highest BCUT2D eigenvalue weighted by molar-refractivity contribution is 5.72. The Kier molecular flexibility index (Phi) is 40.6. The molecule has 0 fully saturated rings. The minimum absolute atomic E-state index is 0.106. The zero-order valence-corrected chi connectivity index (χ0v) is 35.2. The highest BCUT2D eigenvalue weighted by Crippen LogP contribution is 2.14. The molecule has 54 heavy (non-hydrogen) atoms. The van der Waals surface area contributed by atoms with Crippen molar-refractivity contribution in [2.75, 3.05) is 13.2 Å². The van der Waals surface area contributed by atoms with Crippen molar-refractivity contribution in [2.24, 2.45) is 0 Å². The second kappa shape index (κ2) is 42.8. The van der Waals surface area contributed by atoms with Crippen LogP contribution in [-0.4, -0.2) is 37.2 Å². The normalized spacial score (nSPS) is 12.6. The van der Waals surface area contributed by atoms with Crippen molar-refractivity contribution in [1.29, 1.82) is 0 Å². The predicted molar refractivity (Wildman–Crippen MR) is 228 cm³/mol. The number of carbonyl (C=O) groups is 3. The molecule has 0 radical (unpaired) electrons. The summed E-state index contributed by atoms with van der Waals surface area (Å²) in [6, 6.07) is 0. The van der Waals surface area contributed by atoms with Crippen LogP contribution in [0.2, 0.25) is 0 Å². The maximum absolute atomic E-state index is 12.7. The van der Waals surface area contributed by atoms with Crippen LogP contribution in [0.4, 0.5) is 0 Å². The number of rotatable bonds is 39. The van der Waals surface area contributed by atoms with E-state index in [4.69, 9.17) is 14.2 Å². The van der Waals surface area contributed by atoms with Gasteiger partial charge >= 0.3 is 17.9 Å². The van der Waals surface area contributed by atoms with Gasteiger partial charge in [-0.2, -0.15) is 0 Å². The molecule has 0 rings (SSSR count). The van der Waals surface area contributed by atoms with Gasteiger partial charge in [-0.15, -0.1) is 0 Å². The van der Waals surface area contributed by atoms with Crippen LogP contribution in [0.25, 0.3) is 0 Å². The zero-order chi connectivity index (χ0) is 39.4. The molecule has 0 aromatic carbocycles. The highest BCUT2D eigenvalue weighted by atomic mass is 16.6. The Labute approximate surface area is 332 Å². The Morgan fingerprint density at radius 3 is 1.37 bits per heavy atom. The van der Waals surface area contributed by atoms with E-state index in [1.165, 1.54) is 103 Å². The summed E-state index contributed by atoms with van der Waals surface area (Å²) in [7, 11) is 0. The van der Waals surface area contributed by atoms with E-state index in [9.17, 15) is 14.4 Å². The average molecular weight is 755 g/mol. The van der Waals surface area contributed by atoms with E-state index in [1.807, 2.05) is 6.08 Å². The quantitative estimate of drug-likeness (QED) is 0.0204. The molecule has 0 saturated heterocycles. The zero-order valence-electron chi connectivity index (χ0n) is 35.2. The molecule has 0 aliphatic carbocycles. The van der Waals surface area contributed by atoms with Crippen molar-refractivity contribution in [3.63, 3.8) is 0 Å². The highest BCUT2D eigenvalue weighted by Gasteiger charge is 2.19. The molecular formula is C48H82O6. The summed E-state index contributed by atoms with van der Waals surface area (Å²) in [5, 5.41) is 0. The van der Waals surface area contributed by atoms with Gasteiger partial charge in [0.25, 0.3) is 0 Å². The minimum atomic E-state index is -0.809. The van der Waals surface area contributed by atoms with Crippen molar-refractivity contribution in [2.45, 2.75) is 213 Å². The van der Waals surface area contributed by atoms with Crippen LogP contribution in [0.5, 0.6) is 0 Å². The third-order valence-electron chi connectivity index (χ3n) is 9.32. The first-order chi connectivity index (χ1) is 26.5. The molecule has 0 aromatic heterocycles. The third kappa shape index (κ3) is 40.3. The van der Waals surface area contributed by atoms with E-state index in [1.54, 1.807) is 6.08 Å². The molecule has 0 bridgehead atoms. The van der Waals surface area contributed by atoms with Gasteiger partial charge in [0.15, 0.2) is 6.10 Å². The molecule has 1 unspecified atom stereocenters. The number of ether oxygens (including phenoxy) is 3. The average Bonchev–Trinajstić information content (AvgIpc) is 3.17. The van der Waals surface area contributed by atoms with Crippen LogP contribution in [0.15, 0.2) is 60.8 Å². The van der Waals surface area contributed by atoms with E-state index in [0.29, 0.717) is 12.8 Å². The Bertz CT molecular complexity index is 1010. The predicted octanol–water partition coefficient (Wildman–Crippen LogP) is 14.1. The van der Waals surface area contributed by atoms with E-state index < -0.39 is 12.1 Å². The summed E-state index contributed by atoms with van der Waals surface area (Å²) < 4.78 is 16.6. The molecule has 310 valence electrons. The van der Waals surface area contributed by atoms with Gasteiger partial charge in [0, 0.05) is 12.8 Å². The Morgan fingerprint density at radius 1 is 0.426 bits per heavy atom. The molecule has 6 heteroatoms. The van der Waals surface area contributed by atoms with Crippen molar-refractivity contribution >= 4 is 17.9 Å². The molecule has 0 aliphatic rings. The first-order valence-electron chi connectivity index (χ1n) is 22.3. The van der Waals surface area contributed by atoms with Crippen LogP contribution in [0.3, 0.4) is 0 Å². The van der Waals surface area contributed by atoms with Crippen molar-refractivity contribution in [1.82, 2.24) is 0 Å². The molecule has 0 aromatic rings. The van der Waals surface area contributed by atoms with Crippen molar-refractivity contribution < 1.29 is 28.6 Å². The van der Waals surface area contributed by atoms with Crippen molar-refractivity contribution in [3.8, 4) is 0 Å². The topological polar surface area (TPSA) is 78.9 Å². The van der Waals surface area contributed by atoms with Gasteiger partial charge < -0.3 is 14.2 Å². The Hall–Kier alpha value is -2.89. The molecule has 0 spiro atoms. The monoisotopic (exact) mass is 755 g/mol. The van der Waals surface area contributed by atoms with Crippen LogP contribution in [0, 0.1) is 0 Å². The first kappa shape index (κ1) is 51.1. The molecule has 6 nitrogen and oxygen atoms in total. The SMILES string of the molecule is CC/C=C\C/C=C\C/C=C\CC(=O)OCC(COC(=O)CCCCCCCC/C=C\C=C/CCCCC)OC(=O)CCCCCCCCCCCCCC. The van der Waals surface area contributed by atoms with Crippen LogP contribution >= 0.6 is 0 Å². The molecule has 1 atom stereocenters. The largest absolute Gasteiger partial charge is 0.462 e. The van der Waals surface area contributed by atoms with Gasteiger partial charge in [-0.05, 0) is 57.8 Å². The fourth-order valence-electron chi connectivity index (χ4n) is 5.96. The third-order valence-corrected chi connectivity index (χ3v) is 9.32. The van der Waals surface area contributed by atoms with Crippen LogP contribution in [0.1, 0.15) is 207 Å². The number of hydrogen-bond acceptors (Lipinski definition) is 6. The summed E-state index contributed by atoms with van der Waals surface area (Å²) >= 11 is 0. The van der Waals surface area contributed by atoms with Gasteiger partial charge in [0.05, 0.1) is 6.42 Å². The molecule has 0 aliphatic heterocycles. The summed E-state index contributed by atoms with van der Waals surface area (Å²) in [6.07, 6.45) is 50.9. The first-order valence-corrected chi connectivity index (χ1v) is 22.3. The summed E-state index contributed by atoms with van der Waals surface area (Å²) in [5.74, 6) is -1.05. The van der Waals surface area contributed by atoms with Gasteiger partial charge in [-0.25, -0.2) is 0 Å². The molecular weight excluding hydrogens is 673 g/mol. The van der Waals surface area contributed by atoms with Crippen LogP contribution < -0.4 is 0 Å². The van der Waals surface area contributed by atoms with E-state index >= 15 is 0 Å². The van der Waals surface area contributed by atoms with E-state index in [-0.39, 0.29) is 31.6 Å². The van der Waals surface area contributed by atoms with Gasteiger partial charge in [-0.1, -0.05) is 191 Å². The second-order valence-corrected chi connectivity index (χ2v) is 14.6. The fraction of sp³-hybridized carbons (Fsp3) is 0.729. The summed E-state index contributed by atoms with van der Waals surface area (Å²) in [5.41, 5.74) is 0. The van der Waals surface area contributed by atoms with Crippen LogP contribution in [-0.2, 0) is 28.6 Å². The second-order valence-electron chi connectivity index (χ2n) is 14.6. The number of esters is 3. The maximum atomic E-state index is 12.7. The lowest BCUT2D eigenvalue weighted by molar-refractivity contribution is -0.166. The Balaban J connectivity index is 4.43. The number of allylic oxidation sites excluding steroid dienone is 9. The molecule has 0 saturated carbocycles. The molecule has 0 heterocycles. The number of hydrogen-bond donors (Lipinski definition) is 0. The summed E-state index contributed by atoms with van der Waals surface area (Å²) in [6.45, 7) is 6.36. The van der Waals surface area contributed by atoms with E-state index in [0.717, 1.165) is 64.2 Å². The lowest BCUT2D eigenvalue weighted by Gasteiger charge is -2.18. The smallest absolute Gasteiger partial charge is 0.309 e. The number of unbranched alkanes of at least 4 members (excludes halogenated alkanes) is 20. The fourth-order valence-corrected chi connectivity index (χ4v) is 5.96. The van der Waals surface area contributed by atoms with Gasteiger partial charge in [0.2, 0.25) is 0 Å². The Morgan fingerprint density at radius 2 is 0.833 bits per heavy atom. The molecule has 0 N–H and O–H groups in total. The lowest BCUT2D eigenvalue weighted by atomic mass is 10.0.